The molecule has 1 fully saturated rings. The van der Waals surface area contributed by atoms with E-state index in [-0.39, 0.29) is 5.91 Å². The van der Waals surface area contributed by atoms with E-state index in [0.717, 1.165) is 5.56 Å². The van der Waals surface area contributed by atoms with Crippen LogP contribution in [0.15, 0.2) is 24.3 Å². The Morgan fingerprint density at radius 3 is 2.32 bits per heavy atom. The van der Waals surface area contributed by atoms with Gasteiger partial charge in [-0.25, -0.2) is 8.42 Å². The molecule has 5 nitrogen and oxygen atoms in total. The van der Waals surface area contributed by atoms with Crippen molar-refractivity contribution in [2.24, 2.45) is 0 Å². The fourth-order valence-electron chi connectivity index (χ4n) is 2.18. The normalized spacial score (nSPS) is 17.5. The third-order valence-electron chi connectivity index (χ3n) is 3.26. The van der Waals surface area contributed by atoms with E-state index in [2.05, 4.69) is 0 Å². The number of benzene rings is 1. The average molecular weight is 282 g/mol. The minimum atomic E-state index is -3.15. The molecule has 0 aromatic heterocycles. The quantitative estimate of drug-likeness (QED) is 0.803. The zero-order chi connectivity index (χ0) is 14.0. The number of sulfonamides is 1. The van der Waals surface area contributed by atoms with E-state index in [9.17, 15) is 13.2 Å². The summed E-state index contributed by atoms with van der Waals surface area (Å²) in [6.45, 7) is 3.57. The van der Waals surface area contributed by atoms with Crippen LogP contribution < -0.4 is 0 Å². The van der Waals surface area contributed by atoms with Gasteiger partial charge in [0.05, 0.1) is 6.26 Å². The zero-order valence-corrected chi connectivity index (χ0v) is 12.0. The van der Waals surface area contributed by atoms with Crippen molar-refractivity contribution in [2.75, 3.05) is 32.4 Å². The van der Waals surface area contributed by atoms with E-state index in [4.69, 9.17) is 0 Å². The number of carbonyl (C=O) groups is 1. The van der Waals surface area contributed by atoms with Crippen molar-refractivity contribution in [1.29, 1.82) is 0 Å². The summed E-state index contributed by atoms with van der Waals surface area (Å²) >= 11 is 0. The van der Waals surface area contributed by atoms with Crippen molar-refractivity contribution in [3.05, 3.63) is 35.4 Å². The van der Waals surface area contributed by atoms with Crippen LogP contribution in [0.5, 0.6) is 0 Å². The number of carbonyl (C=O) groups excluding carboxylic acids is 1. The van der Waals surface area contributed by atoms with E-state index < -0.39 is 10.0 Å². The monoisotopic (exact) mass is 282 g/mol. The number of hydrogen-bond donors (Lipinski definition) is 0. The highest BCUT2D eigenvalue weighted by Crippen LogP contribution is 2.12. The molecular formula is C13H18N2O3S. The molecule has 0 radical (unpaired) electrons. The van der Waals surface area contributed by atoms with Gasteiger partial charge in [0.15, 0.2) is 0 Å². The molecule has 1 amide bonds. The van der Waals surface area contributed by atoms with E-state index in [0.29, 0.717) is 31.7 Å². The Labute approximate surface area is 113 Å². The Morgan fingerprint density at radius 1 is 1.16 bits per heavy atom. The maximum atomic E-state index is 12.3. The lowest BCUT2D eigenvalue weighted by Crippen LogP contribution is -2.50. The Hall–Kier alpha value is -1.40. The van der Waals surface area contributed by atoms with Crippen LogP contribution in [0.4, 0.5) is 0 Å². The van der Waals surface area contributed by atoms with Crippen LogP contribution in [-0.2, 0) is 10.0 Å². The molecule has 2 rings (SSSR count). The smallest absolute Gasteiger partial charge is 0.253 e. The molecule has 1 saturated heterocycles. The summed E-state index contributed by atoms with van der Waals surface area (Å²) in [6, 6.07) is 7.44. The first-order chi connectivity index (χ1) is 8.88. The largest absolute Gasteiger partial charge is 0.336 e. The summed E-state index contributed by atoms with van der Waals surface area (Å²) in [5.41, 5.74) is 1.70. The molecule has 1 heterocycles. The zero-order valence-electron chi connectivity index (χ0n) is 11.2. The van der Waals surface area contributed by atoms with E-state index in [1.165, 1.54) is 10.6 Å². The van der Waals surface area contributed by atoms with Gasteiger partial charge in [-0.05, 0) is 19.1 Å². The van der Waals surface area contributed by atoms with Gasteiger partial charge in [0, 0.05) is 31.7 Å². The van der Waals surface area contributed by atoms with Crippen LogP contribution in [0.2, 0.25) is 0 Å². The average Bonchev–Trinajstić information content (AvgIpc) is 2.37. The molecule has 0 saturated carbocycles. The number of hydrogen-bond acceptors (Lipinski definition) is 3. The number of amides is 1. The van der Waals surface area contributed by atoms with Crippen LogP contribution in [-0.4, -0.2) is 56.0 Å². The van der Waals surface area contributed by atoms with Gasteiger partial charge < -0.3 is 4.90 Å². The van der Waals surface area contributed by atoms with Crippen molar-refractivity contribution in [1.82, 2.24) is 9.21 Å². The van der Waals surface area contributed by atoms with Crippen molar-refractivity contribution in [3.8, 4) is 0 Å². The third kappa shape index (κ3) is 3.33. The van der Waals surface area contributed by atoms with Gasteiger partial charge in [-0.1, -0.05) is 17.7 Å². The molecule has 0 aliphatic carbocycles. The number of rotatable bonds is 2. The lowest BCUT2D eigenvalue weighted by molar-refractivity contribution is 0.0698. The molecule has 0 unspecified atom stereocenters. The first-order valence-corrected chi connectivity index (χ1v) is 8.04. The summed E-state index contributed by atoms with van der Waals surface area (Å²) in [5, 5.41) is 0. The van der Waals surface area contributed by atoms with Gasteiger partial charge in [-0.15, -0.1) is 0 Å². The first kappa shape index (κ1) is 14.0. The molecule has 0 bridgehead atoms. The molecule has 0 N–H and O–H groups in total. The molecule has 1 aliphatic rings. The summed E-state index contributed by atoms with van der Waals surface area (Å²) in [7, 11) is -3.15. The van der Waals surface area contributed by atoms with Gasteiger partial charge in [-0.2, -0.15) is 4.31 Å². The van der Waals surface area contributed by atoms with Crippen LogP contribution >= 0.6 is 0 Å². The molecule has 0 atom stereocenters. The summed E-state index contributed by atoms with van der Waals surface area (Å²) in [6.07, 6.45) is 1.20. The molecular weight excluding hydrogens is 264 g/mol. The van der Waals surface area contributed by atoms with Gasteiger partial charge >= 0.3 is 0 Å². The Bertz CT molecular complexity index is 575. The molecule has 1 aromatic rings. The SMILES string of the molecule is Cc1cccc(C(=O)N2CCN(S(C)(=O)=O)CC2)c1. The second kappa shape index (κ2) is 5.30. The first-order valence-electron chi connectivity index (χ1n) is 6.19. The minimum Gasteiger partial charge on any atom is -0.336 e. The lowest BCUT2D eigenvalue weighted by Gasteiger charge is -2.33. The van der Waals surface area contributed by atoms with Gasteiger partial charge in [-0.3, -0.25) is 4.79 Å². The minimum absolute atomic E-state index is 0.0307. The van der Waals surface area contributed by atoms with Crippen molar-refractivity contribution in [3.63, 3.8) is 0 Å². The highest BCUT2D eigenvalue weighted by atomic mass is 32.2. The van der Waals surface area contributed by atoms with Crippen LogP contribution in [0.1, 0.15) is 15.9 Å². The standard InChI is InChI=1S/C13H18N2O3S/c1-11-4-3-5-12(10-11)13(16)14-6-8-15(9-7-14)19(2,17)18/h3-5,10H,6-9H2,1-2H3. The van der Waals surface area contributed by atoms with Gasteiger partial charge in [0.1, 0.15) is 0 Å². The topological polar surface area (TPSA) is 57.7 Å². The van der Waals surface area contributed by atoms with E-state index in [1.54, 1.807) is 11.0 Å². The van der Waals surface area contributed by atoms with Crippen LogP contribution in [0, 0.1) is 6.92 Å². The summed E-state index contributed by atoms with van der Waals surface area (Å²) in [4.78, 5) is 14.0. The molecule has 0 spiro atoms. The van der Waals surface area contributed by atoms with Crippen molar-refractivity contribution < 1.29 is 13.2 Å². The summed E-state index contributed by atoms with van der Waals surface area (Å²) in [5.74, 6) is -0.0307. The van der Waals surface area contributed by atoms with Crippen LogP contribution in [0.25, 0.3) is 0 Å². The Morgan fingerprint density at radius 2 is 1.79 bits per heavy atom. The maximum absolute atomic E-state index is 12.3. The number of nitrogens with zero attached hydrogens (tertiary/aromatic N) is 2. The molecule has 6 heteroatoms. The Balaban J connectivity index is 2.04. The molecule has 104 valence electrons. The number of piperazine rings is 1. The second-order valence-corrected chi connectivity index (χ2v) is 6.81. The molecule has 1 aliphatic heterocycles. The summed E-state index contributed by atoms with van der Waals surface area (Å²) < 4.78 is 24.2. The predicted molar refractivity (Wildman–Crippen MR) is 73.5 cm³/mol. The molecule has 19 heavy (non-hydrogen) atoms. The maximum Gasteiger partial charge on any atom is 0.253 e. The predicted octanol–water partition coefficient (Wildman–Crippen LogP) is 0.712. The highest BCUT2D eigenvalue weighted by Gasteiger charge is 2.26. The van der Waals surface area contributed by atoms with Gasteiger partial charge in [0.2, 0.25) is 10.0 Å². The lowest BCUT2D eigenvalue weighted by atomic mass is 10.1. The van der Waals surface area contributed by atoms with Crippen LogP contribution in [0.3, 0.4) is 0 Å². The third-order valence-corrected chi connectivity index (χ3v) is 4.56. The van der Waals surface area contributed by atoms with Gasteiger partial charge in [0.25, 0.3) is 5.91 Å². The fraction of sp³-hybridized carbons (Fsp3) is 0.462. The van der Waals surface area contributed by atoms with E-state index in [1.807, 2.05) is 25.1 Å². The fourth-order valence-corrected chi connectivity index (χ4v) is 3.01. The van der Waals surface area contributed by atoms with E-state index >= 15 is 0 Å². The Kier molecular flexibility index (Phi) is 3.91. The number of aryl methyl sites for hydroxylation is 1. The second-order valence-electron chi connectivity index (χ2n) is 4.82. The van der Waals surface area contributed by atoms with Crippen molar-refractivity contribution in [2.45, 2.75) is 6.92 Å². The van der Waals surface area contributed by atoms with Crippen molar-refractivity contribution >= 4 is 15.9 Å². The highest BCUT2D eigenvalue weighted by molar-refractivity contribution is 7.88. The molecule has 1 aromatic carbocycles.